The molecule has 0 heterocycles. The van der Waals surface area contributed by atoms with Gasteiger partial charge in [0.1, 0.15) is 0 Å². The molecule has 174 valence electrons. The molecule has 0 spiro atoms. The SMILES string of the molecule is CCCCCCCCCCCCCCOC(=O)C(OC(C)=O)C(OC(C)=O)C(=O)O. The first kappa shape index (κ1) is 27.9. The van der Waals surface area contributed by atoms with Crippen LogP contribution in [0.5, 0.6) is 0 Å². The molecule has 0 aromatic rings. The van der Waals surface area contributed by atoms with Crippen molar-refractivity contribution in [2.24, 2.45) is 0 Å². The number of esters is 3. The molecule has 0 saturated heterocycles. The average Bonchev–Trinajstić information content (AvgIpc) is 2.67. The smallest absolute Gasteiger partial charge is 0.352 e. The van der Waals surface area contributed by atoms with Gasteiger partial charge >= 0.3 is 23.9 Å². The molecule has 1 N–H and O–H groups in total. The Morgan fingerprint density at radius 1 is 0.667 bits per heavy atom. The van der Waals surface area contributed by atoms with Crippen molar-refractivity contribution in [1.82, 2.24) is 0 Å². The van der Waals surface area contributed by atoms with Crippen molar-refractivity contribution in [3.63, 3.8) is 0 Å². The van der Waals surface area contributed by atoms with E-state index < -0.39 is 36.1 Å². The summed E-state index contributed by atoms with van der Waals surface area (Å²) >= 11 is 0. The Kier molecular flexibility index (Phi) is 16.5. The lowest BCUT2D eigenvalue weighted by atomic mass is 10.1. The predicted octanol–water partition coefficient (Wildman–Crippen LogP) is 4.18. The number of carbonyl (C=O) groups is 4. The fourth-order valence-electron chi connectivity index (χ4n) is 3.03. The summed E-state index contributed by atoms with van der Waals surface area (Å²) in [5.41, 5.74) is 0. The molecule has 8 nitrogen and oxygen atoms in total. The molecule has 0 aromatic carbocycles. The Morgan fingerprint density at radius 2 is 1.07 bits per heavy atom. The van der Waals surface area contributed by atoms with E-state index in [0.717, 1.165) is 33.1 Å². The van der Waals surface area contributed by atoms with Crippen molar-refractivity contribution in [3.05, 3.63) is 0 Å². The fraction of sp³-hybridized carbons (Fsp3) is 0.818. The standard InChI is InChI=1S/C22H38O8/c1-4-5-6-7-8-9-10-11-12-13-14-15-16-28-22(27)20(30-18(3)24)19(21(25)26)29-17(2)23/h19-20H,4-16H2,1-3H3,(H,25,26). The Bertz CT molecular complexity index is 517. The van der Waals surface area contributed by atoms with Gasteiger partial charge in [0.2, 0.25) is 12.2 Å². The third-order valence-electron chi connectivity index (χ3n) is 4.58. The van der Waals surface area contributed by atoms with Crippen LogP contribution in [0.4, 0.5) is 0 Å². The van der Waals surface area contributed by atoms with Crippen LogP contribution in [0.15, 0.2) is 0 Å². The lowest BCUT2D eigenvalue weighted by Crippen LogP contribution is -2.46. The van der Waals surface area contributed by atoms with Crippen molar-refractivity contribution in [2.45, 2.75) is 110 Å². The van der Waals surface area contributed by atoms with Crippen LogP contribution < -0.4 is 0 Å². The molecule has 0 aliphatic rings. The normalized spacial score (nSPS) is 12.6. The highest BCUT2D eigenvalue weighted by Gasteiger charge is 2.40. The van der Waals surface area contributed by atoms with Gasteiger partial charge in [-0.25, -0.2) is 9.59 Å². The van der Waals surface area contributed by atoms with Gasteiger partial charge in [0.05, 0.1) is 6.61 Å². The molecule has 2 unspecified atom stereocenters. The largest absolute Gasteiger partial charge is 0.478 e. The minimum Gasteiger partial charge on any atom is -0.478 e. The number of carboxylic acids is 1. The second-order valence-electron chi connectivity index (χ2n) is 7.45. The number of unbranched alkanes of at least 4 members (excludes halogenated alkanes) is 11. The molecule has 0 amide bonds. The van der Waals surface area contributed by atoms with E-state index >= 15 is 0 Å². The van der Waals surface area contributed by atoms with Gasteiger partial charge < -0.3 is 19.3 Å². The second-order valence-corrected chi connectivity index (χ2v) is 7.45. The summed E-state index contributed by atoms with van der Waals surface area (Å²) in [5, 5.41) is 9.16. The lowest BCUT2D eigenvalue weighted by molar-refractivity contribution is -0.188. The predicted molar refractivity (Wildman–Crippen MR) is 111 cm³/mol. The number of hydrogen-bond acceptors (Lipinski definition) is 7. The van der Waals surface area contributed by atoms with Crippen molar-refractivity contribution >= 4 is 23.9 Å². The summed E-state index contributed by atoms with van der Waals surface area (Å²) in [6.07, 6.45) is 10.2. The fourth-order valence-corrected chi connectivity index (χ4v) is 3.03. The highest BCUT2D eigenvalue weighted by molar-refractivity contribution is 5.88. The summed E-state index contributed by atoms with van der Waals surface area (Å²) in [4.78, 5) is 45.7. The topological polar surface area (TPSA) is 116 Å². The summed E-state index contributed by atoms with van der Waals surface area (Å²) in [5.74, 6) is -4.42. The summed E-state index contributed by atoms with van der Waals surface area (Å²) in [7, 11) is 0. The first-order chi connectivity index (χ1) is 14.3. The number of aliphatic carboxylic acids is 1. The molecule has 0 aliphatic carbocycles. The number of hydrogen-bond donors (Lipinski definition) is 1. The monoisotopic (exact) mass is 430 g/mol. The molecule has 0 radical (unpaired) electrons. The van der Waals surface area contributed by atoms with E-state index in [1.807, 2.05) is 0 Å². The molecular formula is C22H38O8. The summed E-state index contributed by atoms with van der Waals surface area (Å²) < 4.78 is 14.4. The van der Waals surface area contributed by atoms with E-state index in [4.69, 9.17) is 14.6 Å². The molecule has 30 heavy (non-hydrogen) atoms. The van der Waals surface area contributed by atoms with Gasteiger partial charge in [-0.1, -0.05) is 77.6 Å². The average molecular weight is 431 g/mol. The Hall–Kier alpha value is -2.12. The molecule has 0 bridgehead atoms. The first-order valence-electron chi connectivity index (χ1n) is 11.0. The highest BCUT2D eigenvalue weighted by atomic mass is 16.6. The zero-order valence-corrected chi connectivity index (χ0v) is 18.7. The van der Waals surface area contributed by atoms with Crippen molar-refractivity contribution in [1.29, 1.82) is 0 Å². The zero-order valence-electron chi connectivity index (χ0n) is 18.7. The maximum Gasteiger partial charge on any atom is 0.352 e. The van der Waals surface area contributed by atoms with Gasteiger partial charge in [0.15, 0.2) is 0 Å². The van der Waals surface area contributed by atoms with Gasteiger partial charge in [-0.15, -0.1) is 0 Å². The van der Waals surface area contributed by atoms with Crippen molar-refractivity contribution in [3.8, 4) is 0 Å². The molecule has 0 fully saturated rings. The third-order valence-corrected chi connectivity index (χ3v) is 4.58. The van der Waals surface area contributed by atoms with E-state index in [0.29, 0.717) is 6.42 Å². The molecule has 0 aromatic heterocycles. The van der Waals surface area contributed by atoms with Gasteiger partial charge in [-0.3, -0.25) is 9.59 Å². The van der Waals surface area contributed by atoms with Gasteiger partial charge in [0.25, 0.3) is 0 Å². The maximum absolute atomic E-state index is 12.2. The van der Waals surface area contributed by atoms with Crippen molar-refractivity contribution < 1.29 is 38.5 Å². The quantitative estimate of drug-likeness (QED) is 0.196. The number of rotatable bonds is 18. The number of carbonyl (C=O) groups excluding carboxylic acids is 3. The van der Waals surface area contributed by atoms with Crippen LogP contribution in [0.3, 0.4) is 0 Å². The van der Waals surface area contributed by atoms with Crippen molar-refractivity contribution in [2.75, 3.05) is 6.61 Å². The van der Waals surface area contributed by atoms with Gasteiger partial charge in [-0.2, -0.15) is 0 Å². The Labute approximate surface area is 179 Å². The molecule has 0 aliphatic heterocycles. The van der Waals surface area contributed by atoms with E-state index in [9.17, 15) is 19.2 Å². The van der Waals surface area contributed by atoms with Gasteiger partial charge in [0, 0.05) is 13.8 Å². The lowest BCUT2D eigenvalue weighted by Gasteiger charge is -2.21. The summed E-state index contributed by atoms with van der Waals surface area (Å²) in [6.45, 7) is 4.33. The highest BCUT2D eigenvalue weighted by Crippen LogP contribution is 2.13. The van der Waals surface area contributed by atoms with Crippen LogP contribution in [-0.2, 0) is 33.4 Å². The van der Waals surface area contributed by atoms with Crippen LogP contribution in [0, 0.1) is 0 Å². The Morgan fingerprint density at radius 3 is 1.47 bits per heavy atom. The Balaban J connectivity index is 4.05. The van der Waals surface area contributed by atoms with Crippen LogP contribution >= 0.6 is 0 Å². The zero-order chi connectivity index (χ0) is 22.8. The minimum atomic E-state index is -1.94. The van der Waals surface area contributed by atoms with E-state index in [2.05, 4.69) is 11.7 Å². The summed E-state index contributed by atoms with van der Waals surface area (Å²) in [6, 6.07) is 0. The second kappa shape index (κ2) is 17.7. The number of carboxylic acid groups (broad SMARTS) is 1. The molecule has 0 saturated carbocycles. The molecule has 2 atom stereocenters. The first-order valence-corrected chi connectivity index (χ1v) is 11.0. The minimum absolute atomic E-state index is 0.0838. The van der Waals surface area contributed by atoms with Crippen LogP contribution in [-0.4, -0.2) is 47.8 Å². The molecule has 8 heteroatoms. The molecule has 0 rings (SSSR count). The van der Waals surface area contributed by atoms with E-state index in [1.165, 1.54) is 51.4 Å². The van der Waals surface area contributed by atoms with Crippen LogP contribution in [0.1, 0.15) is 97.8 Å². The molecular weight excluding hydrogens is 392 g/mol. The maximum atomic E-state index is 12.2. The third kappa shape index (κ3) is 14.8. The number of ether oxygens (including phenoxy) is 3. The van der Waals surface area contributed by atoms with E-state index in [-0.39, 0.29) is 6.61 Å². The van der Waals surface area contributed by atoms with Gasteiger partial charge in [-0.05, 0) is 6.42 Å². The van der Waals surface area contributed by atoms with E-state index in [1.54, 1.807) is 0 Å². The van der Waals surface area contributed by atoms with Crippen LogP contribution in [0.2, 0.25) is 0 Å². The van der Waals surface area contributed by atoms with Crippen LogP contribution in [0.25, 0.3) is 0 Å².